The van der Waals surface area contributed by atoms with Crippen molar-refractivity contribution in [2.75, 3.05) is 13.7 Å². The van der Waals surface area contributed by atoms with Gasteiger partial charge in [-0.2, -0.15) is 0 Å². The van der Waals surface area contributed by atoms with E-state index in [-0.39, 0.29) is 11.4 Å². The van der Waals surface area contributed by atoms with Gasteiger partial charge < -0.3 is 14.4 Å². The number of fused-ring (bicyclic) bond motifs is 2. The summed E-state index contributed by atoms with van der Waals surface area (Å²) in [5, 5.41) is 14.7. The summed E-state index contributed by atoms with van der Waals surface area (Å²) < 4.78 is 6.79. The van der Waals surface area contributed by atoms with Crippen molar-refractivity contribution < 1.29 is 9.84 Å². The zero-order valence-electron chi connectivity index (χ0n) is 10.9. The Labute approximate surface area is 114 Å². The molecule has 3 aromatic rings. The molecule has 0 aliphatic heterocycles. The minimum atomic E-state index is 0.108. The van der Waals surface area contributed by atoms with Crippen LogP contribution in [-0.2, 0) is 11.3 Å². The molecule has 0 saturated carbocycles. The molecule has 20 heavy (non-hydrogen) atoms. The first-order chi connectivity index (χ1) is 9.77. The van der Waals surface area contributed by atoms with Crippen LogP contribution in [0, 0.1) is 4.91 Å². The second-order valence-corrected chi connectivity index (χ2v) is 4.46. The summed E-state index contributed by atoms with van der Waals surface area (Å²) in [5.74, 6) is 0.108. The summed E-state index contributed by atoms with van der Waals surface area (Å²) in [7, 11) is 1.60. The molecule has 6 nitrogen and oxygen atoms in total. The maximum atomic E-state index is 11.2. The maximum Gasteiger partial charge on any atom is 0.149 e. The van der Waals surface area contributed by atoms with Gasteiger partial charge in [0.2, 0.25) is 0 Å². The molecular weight excluding hydrogens is 258 g/mol. The van der Waals surface area contributed by atoms with Crippen LogP contribution in [0.2, 0.25) is 0 Å². The molecule has 6 heteroatoms. The Hall–Kier alpha value is -2.47. The fourth-order valence-electron chi connectivity index (χ4n) is 2.41. The highest BCUT2D eigenvalue weighted by atomic mass is 16.5. The van der Waals surface area contributed by atoms with Gasteiger partial charge in [0.15, 0.2) is 0 Å². The second kappa shape index (κ2) is 4.90. The summed E-state index contributed by atoms with van der Waals surface area (Å²) in [6.07, 6.45) is 1.58. The van der Waals surface area contributed by atoms with Crippen LogP contribution in [-0.4, -0.2) is 28.4 Å². The van der Waals surface area contributed by atoms with Gasteiger partial charge in [-0.05, 0) is 5.18 Å². The van der Waals surface area contributed by atoms with Crippen LogP contribution in [0.4, 0.5) is 5.69 Å². The molecule has 2 aromatic carbocycles. The molecule has 0 aliphatic rings. The standard InChI is InChI=1S/C14H13N3O3/c1-20-7-6-17-8-15-12-11(16-19)9-4-2-3-5-10(9)14(18)13(12)17/h2-5,8,18H,6-7H2,1H3. The smallest absolute Gasteiger partial charge is 0.149 e. The van der Waals surface area contributed by atoms with Gasteiger partial charge in [0.25, 0.3) is 0 Å². The Balaban J connectivity index is 2.39. The van der Waals surface area contributed by atoms with Crippen molar-refractivity contribution in [3.05, 3.63) is 35.5 Å². The fraction of sp³-hybridized carbons (Fsp3) is 0.214. The van der Waals surface area contributed by atoms with E-state index in [1.807, 2.05) is 0 Å². The van der Waals surface area contributed by atoms with Gasteiger partial charge in [-0.1, -0.05) is 24.3 Å². The Kier molecular flexibility index (Phi) is 3.08. The van der Waals surface area contributed by atoms with Crippen LogP contribution in [0.25, 0.3) is 21.8 Å². The van der Waals surface area contributed by atoms with Crippen molar-refractivity contribution in [1.29, 1.82) is 0 Å². The van der Waals surface area contributed by atoms with Gasteiger partial charge in [0.05, 0.1) is 12.9 Å². The third-order valence-corrected chi connectivity index (χ3v) is 3.35. The van der Waals surface area contributed by atoms with Crippen molar-refractivity contribution in [1.82, 2.24) is 9.55 Å². The zero-order valence-corrected chi connectivity index (χ0v) is 10.9. The number of hydrogen-bond acceptors (Lipinski definition) is 5. The van der Waals surface area contributed by atoms with Gasteiger partial charge in [0, 0.05) is 24.4 Å². The summed E-state index contributed by atoms with van der Waals surface area (Å²) in [6, 6.07) is 7.11. The van der Waals surface area contributed by atoms with Gasteiger partial charge >= 0.3 is 0 Å². The number of nitroso groups, excluding NO2 is 1. The number of nitrogens with zero attached hydrogens (tertiary/aromatic N) is 3. The lowest BCUT2D eigenvalue weighted by Gasteiger charge is -2.08. The van der Waals surface area contributed by atoms with Crippen LogP contribution in [0.5, 0.6) is 5.75 Å². The van der Waals surface area contributed by atoms with Crippen LogP contribution >= 0.6 is 0 Å². The summed E-state index contributed by atoms with van der Waals surface area (Å²) in [4.78, 5) is 15.4. The normalized spacial score (nSPS) is 11.2. The SMILES string of the molecule is COCCn1cnc2c(N=O)c3ccccc3c(O)c21. The van der Waals surface area contributed by atoms with E-state index in [9.17, 15) is 10.0 Å². The minimum Gasteiger partial charge on any atom is -0.505 e. The molecule has 0 unspecified atom stereocenters. The predicted octanol–water partition coefficient (Wildman–Crippen LogP) is 2.94. The number of rotatable bonds is 4. The quantitative estimate of drug-likeness (QED) is 0.740. The topological polar surface area (TPSA) is 76.7 Å². The number of phenolic OH excluding ortho intramolecular Hbond substituents is 1. The predicted molar refractivity (Wildman–Crippen MR) is 76.2 cm³/mol. The molecule has 0 atom stereocenters. The van der Waals surface area contributed by atoms with E-state index in [0.29, 0.717) is 35.0 Å². The molecule has 0 amide bonds. The molecule has 0 radical (unpaired) electrons. The molecule has 0 bridgehead atoms. The van der Waals surface area contributed by atoms with Crippen LogP contribution in [0.15, 0.2) is 35.8 Å². The third kappa shape index (κ3) is 1.73. The van der Waals surface area contributed by atoms with Crippen molar-refractivity contribution in [3.8, 4) is 5.75 Å². The number of methoxy groups -OCH3 is 1. The number of aromatic hydroxyl groups is 1. The van der Waals surface area contributed by atoms with Crippen molar-refractivity contribution in [2.24, 2.45) is 5.18 Å². The van der Waals surface area contributed by atoms with Gasteiger partial charge in [0.1, 0.15) is 22.5 Å². The second-order valence-electron chi connectivity index (χ2n) is 4.46. The van der Waals surface area contributed by atoms with Crippen LogP contribution in [0.3, 0.4) is 0 Å². The van der Waals surface area contributed by atoms with E-state index in [0.717, 1.165) is 0 Å². The summed E-state index contributed by atoms with van der Waals surface area (Å²) in [5.41, 5.74) is 1.17. The van der Waals surface area contributed by atoms with Crippen molar-refractivity contribution in [3.63, 3.8) is 0 Å². The lowest BCUT2D eigenvalue weighted by molar-refractivity contribution is 0.188. The maximum absolute atomic E-state index is 11.2. The monoisotopic (exact) mass is 271 g/mol. The number of imidazole rings is 1. The number of phenols is 1. The first kappa shape index (κ1) is 12.6. The van der Waals surface area contributed by atoms with Crippen LogP contribution in [0.1, 0.15) is 0 Å². The van der Waals surface area contributed by atoms with E-state index in [1.54, 1.807) is 42.3 Å². The summed E-state index contributed by atoms with van der Waals surface area (Å²) >= 11 is 0. The number of hydrogen-bond donors (Lipinski definition) is 1. The van der Waals surface area contributed by atoms with Gasteiger partial charge in [-0.25, -0.2) is 4.98 Å². The first-order valence-corrected chi connectivity index (χ1v) is 6.18. The third-order valence-electron chi connectivity index (χ3n) is 3.35. The number of ether oxygens (including phenoxy) is 1. The first-order valence-electron chi connectivity index (χ1n) is 6.18. The molecule has 0 saturated heterocycles. The highest BCUT2D eigenvalue weighted by Crippen LogP contribution is 2.41. The molecule has 1 heterocycles. The van der Waals surface area contributed by atoms with Gasteiger partial charge in [-0.3, -0.25) is 0 Å². The molecule has 0 fully saturated rings. The van der Waals surface area contributed by atoms with Crippen molar-refractivity contribution in [2.45, 2.75) is 6.54 Å². The minimum absolute atomic E-state index is 0.108. The average molecular weight is 271 g/mol. The number of aromatic nitrogens is 2. The largest absolute Gasteiger partial charge is 0.505 e. The molecule has 0 aliphatic carbocycles. The van der Waals surface area contributed by atoms with Gasteiger partial charge in [-0.15, -0.1) is 4.91 Å². The van der Waals surface area contributed by atoms with E-state index in [2.05, 4.69) is 10.2 Å². The van der Waals surface area contributed by atoms with Crippen LogP contribution < -0.4 is 0 Å². The molecule has 1 N–H and O–H groups in total. The average Bonchev–Trinajstić information content (AvgIpc) is 2.90. The summed E-state index contributed by atoms with van der Waals surface area (Å²) in [6.45, 7) is 1.03. The van der Waals surface area contributed by atoms with E-state index >= 15 is 0 Å². The highest BCUT2D eigenvalue weighted by Gasteiger charge is 2.18. The molecule has 3 rings (SSSR count). The fourth-order valence-corrected chi connectivity index (χ4v) is 2.41. The molecule has 102 valence electrons. The highest BCUT2D eigenvalue weighted by molar-refractivity contribution is 6.12. The molecule has 1 aromatic heterocycles. The molecule has 0 spiro atoms. The zero-order chi connectivity index (χ0) is 14.1. The van der Waals surface area contributed by atoms with Crippen molar-refractivity contribution >= 4 is 27.5 Å². The Morgan fingerprint density at radius 2 is 2.10 bits per heavy atom. The lowest BCUT2D eigenvalue weighted by atomic mass is 10.1. The number of benzene rings is 2. The molecular formula is C14H13N3O3. The van der Waals surface area contributed by atoms with E-state index in [4.69, 9.17) is 4.74 Å². The Morgan fingerprint density at radius 1 is 1.35 bits per heavy atom. The van der Waals surface area contributed by atoms with E-state index in [1.165, 1.54) is 0 Å². The Bertz CT molecular complexity index is 795. The Morgan fingerprint density at radius 3 is 2.80 bits per heavy atom. The van der Waals surface area contributed by atoms with E-state index < -0.39 is 0 Å². The lowest BCUT2D eigenvalue weighted by Crippen LogP contribution is -2.02.